The lowest BCUT2D eigenvalue weighted by Gasteiger charge is -2.28. The zero-order valence-electron chi connectivity index (χ0n) is 14.5. The van der Waals surface area contributed by atoms with E-state index in [0.29, 0.717) is 12.5 Å². The van der Waals surface area contributed by atoms with E-state index in [1.807, 2.05) is 12.4 Å². The van der Waals surface area contributed by atoms with E-state index in [4.69, 9.17) is 20.6 Å². The van der Waals surface area contributed by atoms with Crippen LogP contribution in [0, 0.1) is 0 Å². The van der Waals surface area contributed by atoms with E-state index < -0.39 is 0 Å². The summed E-state index contributed by atoms with van der Waals surface area (Å²) >= 11 is 0. The van der Waals surface area contributed by atoms with Gasteiger partial charge in [-0.1, -0.05) is 0 Å². The molecule has 25 heavy (non-hydrogen) atoms. The molecule has 4 rings (SSSR count). The number of nitrogens with zero attached hydrogens (tertiary/aromatic N) is 5. The van der Waals surface area contributed by atoms with Crippen LogP contribution in [0.5, 0.6) is 0 Å². The highest BCUT2D eigenvalue weighted by molar-refractivity contribution is 5.20. The molecule has 1 fully saturated rings. The molecule has 2 unspecified atom stereocenters. The maximum absolute atomic E-state index is 5.99. The van der Waals surface area contributed by atoms with Gasteiger partial charge in [-0.15, -0.1) is 0 Å². The fourth-order valence-corrected chi connectivity index (χ4v) is 3.81. The van der Waals surface area contributed by atoms with Gasteiger partial charge in [-0.25, -0.2) is 9.67 Å². The minimum Gasteiger partial charge on any atom is -0.379 e. The summed E-state index contributed by atoms with van der Waals surface area (Å²) < 4.78 is 7.53. The molecular formula is C18H26N6O. The highest BCUT2D eigenvalue weighted by Crippen LogP contribution is 2.35. The molecule has 0 amide bonds. The Bertz CT molecular complexity index is 682. The SMILES string of the molecule is NCC1CCC(c2ccncc2)n2nc(CCN3CCOCC3)nc21. The van der Waals surface area contributed by atoms with Crippen LogP contribution in [0.25, 0.3) is 0 Å². The predicted molar refractivity (Wildman–Crippen MR) is 94.4 cm³/mol. The number of hydrogen-bond acceptors (Lipinski definition) is 6. The van der Waals surface area contributed by atoms with Crippen molar-refractivity contribution in [1.29, 1.82) is 0 Å². The molecule has 0 aromatic carbocycles. The minimum atomic E-state index is 0.241. The molecule has 0 saturated carbocycles. The Hall–Kier alpha value is -1.83. The molecule has 0 radical (unpaired) electrons. The van der Waals surface area contributed by atoms with Crippen LogP contribution in [0.4, 0.5) is 0 Å². The largest absolute Gasteiger partial charge is 0.379 e. The number of pyridine rings is 1. The van der Waals surface area contributed by atoms with Gasteiger partial charge < -0.3 is 10.5 Å². The van der Waals surface area contributed by atoms with Crippen LogP contribution < -0.4 is 5.73 Å². The van der Waals surface area contributed by atoms with Crippen molar-refractivity contribution < 1.29 is 4.74 Å². The fourth-order valence-electron chi connectivity index (χ4n) is 3.81. The zero-order valence-corrected chi connectivity index (χ0v) is 14.5. The third-order valence-electron chi connectivity index (χ3n) is 5.28. The van der Waals surface area contributed by atoms with Crippen LogP contribution in [0.2, 0.25) is 0 Å². The summed E-state index contributed by atoms with van der Waals surface area (Å²) in [6, 6.07) is 4.39. The van der Waals surface area contributed by atoms with E-state index in [-0.39, 0.29) is 6.04 Å². The van der Waals surface area contributed by atoms with E-state index in [9.17, 15) is 0 Å². The van der Waals surface area contributed by atoms with Gasteiger partial charge in [0.2, 0.25) is 0 Å². The van der Waals surface area contributed by atoms with Gasteiger partial charge in [0.15, 0.2) is 5.82 Å². The van der Waals surface area contributed by atoms with Crippen LogP contribution in [0.3, 0.4) is 0 Å². The van der Waals surface area contributed by atoms with Crippen LogP contribution in [0.1, 0.15) is 42.0 Å². The monoisotopic (exact) mass is 342 g/mol. The van der Waals surface area contributed by atoms with Gasteiger partial charge in [-0.05, 0) is 30.5 Å². The second kappa shape index (κ2) is 7.59. The highest BCUT2D eigenvalue weighted by Gasteiger charge is 2.30. The Kier molecular flexibility index (Phi) is 5.05. The Morgan fingerprint density at radius 3 is 2.72 bits per heavy atom. The summed E-state index contributed by atoms with van der Waals surface area (Å²) in [5, 5.41) is 4.86. The van der Waals surface area contributed by atoms with Gasteiger partial charge in [0, 0.05) is 50.9 Å². The first-order chi connectivity index (χ1) is 12.3. The van der Waals surface area contributed by atoms with Gasteiger partial charge in [0.1, 0.15) is 5.82 Å². The van der Waals surface area contributed by atoms with Crippen molar-refractivity contribution in [2.75, 3.05) is 39.4 Å². The van der Waals surface area contributed by atoms with Crippen LogP contribution in [0.15, 0.2) is 24.5 Å². The highest BCUT2D eigenvalue weighted by atomic mass is 16.5. The Labute approximate surface area is 148 Å². The summed E-state index contributed by atoms with van der Waals surface area (Å²) in [7, 11) is 0. The summed E-state index contributed by atoms with van der Waals surface area (Å²) in [6.45, 7) is 5.26. The minimum absolute atomic E-state index is 0.241. The van der Waals surface area contributed by atoms with Gasteiger partial charge in [0.05, 0.1) is 19.3 Å². The standard InChI is InChI=1S/C18H26N6O/c19-13-15-1-2-16(14-3-6-20-7-4-14)24-18(15)21-17(22-24)5-8-23-9-11-25-12-10-23/h3-4,6-7,15-16H,1-2,5,8-13,19H2. The molecular weight excluding hydrogens is 316 g/mol. The topological polar surface area (TPSA) is 82.1 Å². The molecule has 2 aliphatic heterocycles. The van der Waals surface area contributed by atoms with Crippen molar-refractivity contribution in [2.45, 2.75) is 31.2 Å². The van der Waals surface area contributed by atoms with Crippen LogP contribution >= 0.6 is 0 Å². The number of morpholine rings is 1. The summed E-state index contributed by atoms with van der Waals surface area (Å²) in [5.41, 5.74) is 7.24. The maximum atomic E-state index is 5.99. The predicted octanol–water partition coefficient (Wildman–Crippen LogP) is 0.973. The van der Waals surface area contributed by atoms with E-state index in [2.05, 4.69) is 26.7 Å². The number of aromatic nitrogens is 4. The fraction of sp³-hybridized carbons (Fsp3) is 0.611. The summed E-state index contributed by atoms with van der Waals surface area (Å²) in [4.78, 5) is 11.4. The number of rotatable bonds is 5. The van der Waals surface area contributed by atoms with E-state index in [1.54, 1.807) is 0 Å². The second-order valence-electron chi connectivity index (χ2n) is 6.84. The van der Waals surface area contributed by atoms with E-state index >= 15 is 0 Å². The Morgan fingerprint density at radius 1 is 1.16 bits per heavy atom. The molecule has 1 saturated heterocycles. The number of hydrogen-bond donors (Lipinski definition) is 1. The third-order valence-corrected chi connectivity index (χ3v) is 5.28. The number of fused-ring (bicyclic) bond motifs is 1. The molecule has 7 heteroatoms. The smallest absolute Gasteiger partial charge is 0.152 e. The lowest BCUT2D eigenvalue weighted by molar-refractivity contribution is 0.0382. The molecule has 2 atom stereocenters. The average molecular weight is 342 g/mol. The summed E-state index contributed by atoms with van der Waals surface area (Å²) in [5.74, 6) is 2.29. The molecule has 2 N–H and O–H groups in total. The first kappa shape index (κ1) is 16.6. The van der Waals surface area contributed by atoms with Crippen molar-refractivity contribution in [3.8, 4) is 0 Å². The van der Waals surface area contributed by atoms with Crippen molar-refractivity contribution in [3.63, 3.8) is 0 Å². The van der Waals surface area contributed by atoms with Gasteiger partial charge in [-0.2, -0.15) is 5.10 Å². The van der Waals surface area contributed by atoms with E-state index in [1.165, 1.54) is 5.56 Å². The molecule has 0 aliphatic carbocycles. The normalized spacial score (nSPS) is 24.2. The number of nitrogens with two attached hydrogens (primary N) is 1. The molecule has 0 bridgehead atoms. The van der Waals surface area contributed by atoms with E-state index in [0.717, 1.165) is 63.8 Å². The Balaban J connectivity index is 1.54. The molecule has 2 aromatic rings. The zero-order chi connectivity index (χ0) is 17.1. The lowest BCUT2D eigenvalue weighted by Crippen LogP contribution is -2.37. The third kappa shape index (κ3) is 3.58. The molecule has 7 nitrogen and oxygen atoms in total. The van der Waals surface area contributed by atoms with Gasteiger partial charge in [-0.3, -0.25) is 9.88 Å². The quantitative estimate of drug-likeness (QED) is 0.872. The average Bonchev–Trinajstić information content (AvgIpc) is 3.11. The van der Waals surface area contributed by atoms with Crippen molar-refractivity contribution in [3.05, 3.63) is 41.7 Å². The van der Waals surface area contributed by atoms with Gasteiger partial charge in [0.25, 0.3) is 0 Å². The van der Waals surface area contributed by atoms with Crippen LogP contribution in [-0.2, 0) is 11.2 Å². The molecule has 2 aromatic heterocycles. The first-order valence-corrected chi connectivity index (χ1v) is 9.20. The lowest BCUT2D eigenvalue weighted by atomic mass is 9.91. The van der Waals surface area contributed by atoms with Crippen molar-refractivity contribution in [1.82, 2.24) is 24.6 Å². The Morgan fingerprint density at radius 2 is 1.96 bits per heavy atom. The number of ether oxygens (including phenoxy) is 1. The molecule has 2 aliphatic rings. The molecule has 0 spiro atoms. The van der Waals surface area contributed by atoms with Crippen molar-refractivity contribution in [2.24, 2.45) is 5.73 Å². The first-order valence-electron chi connectivity index (χ1n) is 9.20. The summed E-state index contributed by atoms with van der Waals surface area (Å²) in [6.07, 6.45) is 6.68. The molecule has 134 valence electrons. The van der Waals surface area contributed by atoms with Crippen molar-refractivity contribution >= 4 is 0 Å². The second-order valence-corrected chi connectivity index (χ2v) is 6.84. The molecule has 4 heterocycles. The van der Waals surface area contributed by atoms with Gasteiger partial charge >= 0.3 is 0 Å². The van der Waals surface area contributed by atoms with Crippen LogP contribution in [-0.4, -0.2) is 64.0 Å². The maximum Gasteiger partial charge on any atom is 0.152 e.